The van der Waals surface area contributed by atoms with Gasteiger partial charge >= 0.3 is 5.97 Å². The third-order valence-corrected chi connectivity index (χ3v) is 16.3. The van der Waals surface area contributed by atoms with Crippen molar-refractivity contribution in [2.24, 2.45) is 0 Å². The molecule has 4 heterocycles. The molecule has 0 bridgehead atoms. The molecule has 2 fully saturated rings. The summed E-state index contributed by atoms with van der Waals surface area (Å²) in [6.45, 7) is 5.06. The lowest BCUT2D eigenvalue weighted by atomic mass is 10.1. The molecule has 2 aromatic carbocycles. The molecular weight excluding hydrogens is 975 g/mol. The third-order valence-electron chi connectivity index (χ3n) is 9.22. The van der Waals surface area contributed by atoms with E-state index in [2.05, 4.69) is 10.3 Å². The smallest absolute Gasteiger partial charge is 0.345 e. The van der Waals surface area contributed by atoms with Crippen LogP contribution in [0.25, 0.3) is 0 Å². The number of carboxylic acid groups (broad SMARTS) is 1. The molecule has 64 heavy (non-hydrogen) atoms. The maximum absolute atomic E-state index is 13.1. The van der Waals surface area contributed by atoms with E-state index in [1.165, 1.54) is 47.0 Å². The fourth-order valence-corrected chi connectivity index (χ4v) is 12.0. The lowest BCUT2D eigenvalue weighted by Gasteiger charge is -2.38. The van der Waals surface area contributed by atoms with E-state index in [4.69, 9.17) is 33.1 Å². The maximum atomic E-state index is 13.1. The summed E-state index contributed by atoms with van der Waals surface area (Å²) in [4.78, 5) is 61.1. The largest absolute Gasteiger partial charge is 0.477 e. The number of piperazine rings is 2. The zero-order valence-electron chi connectivity index (χ0n) is 35.3. The number of nitrogens with zero attached hydrogens (tertiary/aromatic N) is 5. The number of rotatable bonds is 10. The van der Waals surface area contributed by atoms with E-state index in [9.17, 15) is 36.0 Å². The molecule has 2 aromatic heterocycles. The number of aromatic carboxylic acids is 1. The molecule has 2 saturated heterocycles. The monoisotopic (exact) mass is 1030 g/mol. The number of carbonyl (C=O) groups excluding carboxylic acids is 3. The zero-order valence-corrected chi connectivity index (χ0v) is 40.8. The van der Waals surface area contributed by atoms with E-state index in [0.717, 1.165) is 27.7 Å². The molecule has 2 N–H and O–H groups in total. The van der Waals surface area contributed by atoms with Gasteiger partial charge < -0.3 is 19.7 Å². The molecule has 356 valence electrons. The Morgan fingerprint density at radius 2 is 1.08 bits per heavy atom. The normalized spacial score (nSPS) is 16.4. The standard InChI is InChI=1S/C19H23N3O5S2.C17H18N2O5S2.C2H7NO.CH2Cl2.CH4.ClH/c1-14-13-21(18(23)15-7-5-4-6-8-15)11-12-22(14)29(25,26)17-10-9-16(28-17)19(24)20(2)27-3;1-12-11-18(16(20)13-5-3-2-4-6-13)9-10-19(12)26(23,24)15-8-7-14(25-15)17(21)22;1-3-4-2;2-1-3;;/h4-10,14H,11-13H2,1-3H3;2-8,12H,9-11H2,1H3,(H,21,22);3H,1-2H3;1H2;1H4;1H. The Hall–Kier alpha value is -3.71. The summed E-state index contributed by atoms with van der Waals surface area (Å²) in [6.07, 6.45) is 0. The van der Waals surface area contributed by atoms with Crippen molar-refractivity contribution in [3.63, 3.8) is 0 Å². The number of carbonyl (C=O) groups is 4. The molecule has 3 amide bonds. The first kappa shape index (κ1) is 58.3. The second-order valence-electron chi connectivity index (χ2n) is 13.2. The number of hydrogen-bond acceptors (Lipinski definition) is 13. The first-order valence-electron chi connectivity index (χ1n) is 18.7. The highest BCUT2D eigenvalue weighted by molar-refractivity contribution is 7.91. The van der Waals surface area contributed by atoms with E-state index in [1.807, 2.05) is 12.1 Å². The molecular formula is C40H55Cl3N6O11S4. The summed E-state index contributed by atoms with van der Waals surface area (Å²) < 4.78 is 54.7. The number of benzene rings is 2. The summed E-state index contributed by atoms with van der Waals surface area (Å²) in [6, 6.07) is 22.5. The van der Waals surface area contributed by atoms with Crippen molar-refractivity contribution in [2.45, 2.75) is 41.8 Å². The Balaban J connectivity index is 0.000000546. The van der Waals surface area contributed by atoms with Crippen LogP contribution in [-0.2, 0) is 29.7 Å². The average Bonchev–Trinajstić information content (AvgIpc) is 3.99. The van der Waals surface area contributed by atoms with Crippen molar-refractivity contribution < 1.29 is 50.8 Å². The molecule has 0 radical (unpaired) electrons. The molecule has 4 aromatic rings. The zero-order chi connectivity index (χ0) is 46.2. The number of carboxylic acids is 1. The van der Waals surface area contributed by atoms with Crippen LogP contribution in [0.1, 0.15) is 61.3 Å². The molecule has 2 atom stereocenters. The SMILES string of the molecule is C.CC1CN(C(=O)c2ccccc2)CCN1S(=O)(=O)c1ccc(C(=O)O)s1.CNOC.CON(C)C(=O)c1ccc(S(=O)(=O)N2CCN(C(=O)c3ccccc3)CC2C)s1.Cl.ClCCl. The number of hydroxylamine groups is 3. The van der Waals surface area contributed by atoms with Crippen molar-refractivity contribution in [3.05, 3.63) is 106 Å². The van der Waals surface area contributed by atoms with Crippen LogP contribution in [0.15, 0.2) is 93.3 Å². The van der Waals surface area contributed by atoms with Crippen LogP contribution in [0.3, 0.4) is 0 Å². The van der Waals surface area contributed by atoms with Crippen molar-refractivity contribution in [2.75, 3.05) is 72.9 Å². The third kappa shape index (κ3) is 15.4. The molecule has 24 heteroatoms. The molecule has 6 rings (SSSR count). The van der Waals surface area contributed by atoms with Crippen LogP contribution < -0.4 is 5.48 Å². The van der Waals surface area contributed by atoms with E-state index in [0.29, 0.717) is 24.2 Å². The van der Waals surface area contributed by atoms with Crippen molar-refractivity contribution in [1.29, 1.82) is 0 Å². The Morgan fingerprint density at radius 3 is 1.39 bits per heavy atom. The first-order valence-corrected chi connectivity index (χ1v) is 24.3. The van der Waals surface area contributed by atoms with Gasteiger partial charge in [-0.25, -0.2) is 32.2 Å². The molecule has 17 nitrogen and oxygen atoms in total. The number of amides is 3. The van der Waals surface area contributed by atoms with Gasteiger partial charge in [0.05, 0.1) is 24.4 Å². The van der Waals surface area contributed by atoms with Crippen molar-refractivity contribution >= 4 is 102 Å². The summed E-state index contributed by atoms with van der Waals surface area (Å²) in [5, 5.41) is 10.2. The highest BCUT2D eigenvalue weighted by atomic mass is 35.5. The lowest BCUT2D eigenvalue weighted by molar-refractivity contribution is -0.0753. The van der Waals surface area contributed by atoms with Crippen LogP contribution in [0.4, 0.5) is 0 Å². The highest BCUT2D eigenvalue weighted by Crippen LogP contribution is 2.30. The van der Waals surface area contributed by atoms with E-state index >= 15 is 0 Å². The van der Waals surface area contributed by atoms with Gasteiger partial charge in [0, 0.05) is 76.6 Å². The minimum absolute atomic E-state index is 0. The Kier molecular flexibility index (Phi) is 25.2. The fraction of sp³-hybridized carbons (Fsp3) is 0.400. The second kappa shape index (κ2) is 27.7. The van der Waals surface area contributed by atoms with E-state index in [1.54, 1.807) is 86.3 Å². The molecule has 0 saturated carbocycles. The lowest BCUT2D eigenvalue weighted by Crippen LogP contribution is -2.55. The maximum Gasteiger partial charge on any atom is 0.345 e. The van der Waals surface area contributed by atoms with Gasteiger partial charge in [0.1, 0.15) is 13.3 Å². The van der Waals surface area contributed by atoms with Gasteiger partial charge in [0.25, 0.3) is 37.8 Å². The Morgan fingerprint density at radius 1 is 0.719 bits per heavy atom. The van der Waals surface area contributed by atoms with Gasteiger partial charge in [-0.15, -0.1) is 58.3 Å². The molecule has 2 aliphatic heterocycles. The Bertz CT molecular complexity index is 2310. The summed E-state index contributed by atoms with van der Waals surface area (Å²) >= 11 is 11.2. The summed E-state index contributed by atoms with van der Waals surface area (Å²) in [7, 11) is -1.46. The quantitative estimate of drug-likeness (QED) is 0.136. The van der Waals surface area contributed by atoms with Crippen LogP contribution >= 0.6 is 58.3 Å². The number of thiophene rings is 2. The topological polar surface area (TPSA) is 203 Å². The van der Waals surface area contributed by atoms with Gasteiger partial charge in [0.15, 0.2) is 0 Å². The first-order chi connectivity index (χ1) is 29.4. The van der Waals surface area contributed by atoms with Gasteiger partial charge in [-0.1, -0.05) is 43.8 Å². The second-order valence-corrected chi connectivity index (χ2v) is 20.4. The van der Waals surface area contributed by atoms with Crippen molar-refractivity contribution in [3.8, 4) is 0 Å². The van der Waals surface area contributed by atoms with Crippen LogP contribution in [0.5, 0.6) is 0 Å². The fourth-order valence-electron chi connectivity index (χ4n) is 6.11. The van der Waals surface area contributed by atoms with E-state index < -0.39 is 38.0 Å². The van der Waals surface area contributed by atoms with Gasteiger partial charge in [-0.05, 0) is 62.4 Å². The summed E-state index contributed by atoms with van der Waals surface area (Å²) in [5.74, 6) is -1.80. The van der Waals surface area contributed by atoms with Gasteiger partial charge in [-0.3, -0.25) is 19.2 Å². The van der Waals surface area contributed by atoms with E-state index in [-0.39, 0.29) is 87.4 Å². The summed E-state index contributed by atoms with van der Waals surface area (Å²) in [5.41, 5.74) is 3.58. The molecule has 2 aliphatic rings. The number of halogens is 3. The predicted molar refractivity (Wildman–Crippen MR) is 253 cm³/mol. The van der Waals surface area contributed by atoms with Crippen LogP contribution in [0.2, 0.25) is 0 Å². The number of alkyl halides is 2. The van der Waals surface area contributed by atoms with Crippen LogP contribution in [0, 0.1) is 0 Å². The predicted octanol–water partition coefficient (Wildman–Crippen LogP) is 6.14. The van der Waals surface area contributed by atoms with Crippen molar-refractivity contribution in [1.82, 2.24) is 29.0 Å². The number of sulfonamides is 2. The van der Waals surface area contributed by atoms with Crippen LogP contribution in [-0.4, -0.2) is 154 Å². The average molecular weight is 1030 g/mol. The van der Waals surface area contributed by atoms with Gasteiger partial charge in [0.2, 0.25) is 0 Å². The molecule has 0 spiro atoms. The number of hydrogen-bond donors (Lipinski definition) is 2. The Labute approximate surface area is 399 Å². The molecule has 2 unspecified atom stereocenters. The highest BCUT2D eigenvalue weighted by Gasteiger charge is 2.38. The minimum Gasteiger partial charge on any atom is -0.477 e. The molecule has 0 aliphatic carbocycles. The number of nitrogens with one attached hydrogen (secondary N) is 1. The van der Waals surface area contributed by atoms with Gasteiger partial charge in [-0.2, -0.15) is 8.61 Å². The minimum atomic E-state index is -3.79.